The van der Waals surface area contributed by atoms with Crippen LogP contribution in [-0.4, -0.2) is 18.4 Å². The molecule has 1 rings (SSSR count). The lowest BCUT2D eigenvalue weighted by molar-refractivity contribution is 0.282. The Morgan fingerprint density at radius 1 is 1.43 bits per heavy atom. The number of benzene rings is 1. The van der Waals surface area contributed by atoms with E-state index in [2.05, 4.69) is 5.32 Å². The van der Waals surface area contributed by atoms with Crippen molar-refractivity contribution in [3.63, 3.8) is 0 Å². The highest BCUT2D eigenvalue weighted by molar-refractivity contribution is 6.08. The molecule has 0 saturated carbocycles. The van der Waals surface area contributed by atoms with Gasteiger partial charge in [0.2, 0.25) is 0 Å². The van der Waals surface area contributed by atoms with Crippen LogP contribution in [0, 0.1) is 5.41 Å². The molecule has 74 valence electrons. The first-order chi connectivity index (χ1) is 6.81. The van der Waals surface area contributed by atoms with Gasteiger partial charge in [-0.15, -0.1) is 0 Å². The predicted octanol–water partition coefficient (Wildman–Crippen LogP) is 1.39. The molecular weight excluding hydrogens is 176 g/mol. The van der Waals surface area contributed by atoms with Crippen LogP contribution in [0.3, 0.4) is 0 Å². The molecule has 0 fully saturated rings. The van der Waals surface area contributed by atoms with Crippen molar-refractivity contribution in [2.75, 3.05) is 7.05 Å². The van der Waals surface area contributed by atoms with Crippen LogP contribution >= 0.6 is 0 Å². The standard InChI is InChI=1S/C11H14N2O/c1-13-7-11(6-12)10-4-2-9(8-14)3-5-10/h2-7,12-14H,8H2,1H3/b11-7+,12-6?. The van der Waals surface area contributed by atoms with E-state index in [0.29, 0.717) is 0 Å². The minimum absolute atomic E-state index is 0.0515. The van der Waals surface area contributed by atoms with E-state index in [9.17, 15) is 0 Å². The van der Waals surface area contributed by atoms with E-state index in [1.165, 1.54) is 6.21 Å². The topological polar surface area (TPSA) is 56.1 Å². The number of aliphatic hydroxyl groups excluding tert-OH is 1. The molecule has 1 aromatic rings. The molecule has 0 aromatic heterocycles. The lowest BCUT2D eigenvalue weighted by atomic mass is 10.1. The highest BCUT2D eigenvalue weighted by Crippen LogP contribution is 2.12. The molecule has 0 aliphatic carbocycles. The molecule has 14 heavy (non-hydrogen) atoms. The maximum absolute atomic E-state index is 8.86. The highest BCUT2D eigenvalue weighted by atomic mass is 16.3. The summed E-state index contributed by atoms with van der Waals surface area (Å²) in [7, 11) is 1.80. The van der Waals surface area contributed by atoms with E-state index in [4.69, 9.17) is 10.5 Å². The third kappa shape index (κ3) is 2.44. The summed E-state index contributed by atoms with van der Waals surface area (Å²) in [4.78, 5) is 0. The van der Waals surface area contributed by atoms with Crippen LogP contribution in [0.25, 0.3) is 5.57 Å². The van der Waals surface area contributed by atoms with Gasteiger partial charge in [-0.25, -0.2) is 0 Å². The maximum Gasteiger partial charge on any atom is 0.0681 e. The van der Waals surface area contributed by atoms with Gasteiger partial charge < -0.3 is 15.8 Å². The summed E-state index contributed by atoms with van der Waals surface area (Å²) < 4.78 is 0. The SMILES string of the molecule is CN/C=C(\C=N)c1ccc(CO)cc1. The Morgan fingerprint density at radius 2 is 2.07 bits per heavy atom. The molecule has 0 bridgehead atoms. The highest BCUT2D eigenvalue weighted by Gasteiger charge is 1.97. The molecule has 0 atom stereocenters. The van der Waals surface area contributed by atoms with Crippen LogP contribution in [0.1, 0.15) is 11.1 Å². The Morgan fingerprint density at radius 3 is 2.50 bits per heavy atom. The number of nitrogens with one attached hydrogen (secondary N) is 2. The number of aliphatic hydroxyl groups is 1. The normalized spacial score (nSPS) is 11.1. The fourth-order valence-electron chi connectivity index (χ4n) is 1.17. The van der Waals surface area contributed by atoms with Gasteiger partial charge in [0.25, 0.3) is 0 Å². The minimum Gasteiger partial charge on any atom is -0.393 e. The first-order valence-corrected chi connectivity index (χ1v) is 4.40. The van der Waals surface area contributed by atoms with Gasteiger partial charge in [0.05, 0.1) is 6.61 Å². The first-order valence-electron chi connectivity index (χ1n) is 4.40. The molecule has 1 aromatic carbocycles. The van der Waals surface area contributed by atoms with E-state index in [1.807, 2.05) is 24.3 Å². The van der Waals surface area contributed by atoms with Gasteiger partial charge in [-0.1, -0.05) is 24.3 Å². The Hall–Kier alpha value is -1.61. The van der Waals surface area contributed by atoms with Crippen LogP contribution < -0.4 is 5.32 Å². The number of allylic oxidation sites excluding steroid dienone is 1. The predicted molar refractivity (Wildman–Crippen MR) is 58.2 cm³/mol. The Labute approximate surface area is 83.6 Å². The van der Waals surface area contributed by atoms with Crippen molar-refractivity contribution in [3.8, 4) is 0 Å². The zero-order valence-corrected chi connectivity index (χ0v) is 8.12. The van der Waals surface area contributed by atoms with E-state index in [0.717, 1.165) is 16.7 Å². The van der Waals surface area contributed by atoms with Crippen molar-refractivity contribution >= 4 is 11.8 Å². The fourth-order valence-corrected chi connectivity index (χ4v) is 1.17. The molecule has 0 unspecified atom stereocenters. The van der Waals surface area contributed by atoms with Crippen molar-refractivity contribution < 1.29 is 5.11 Å². The van der Waals surface area contributed by atoms with Gasteiger partial charge >= 0.3 is 0 Å². The van der Waals surface area contributed by atoms with Gasteiger partial charge in [-0.2, -0.15) is 0 Å². The minimum atomic E-state index is 0.0515. The molecule has 0 aliphatic rings. The largest absolute Gasteiger partial charge is 0.393 e. The summed E-state index contributed by atoms with van der Waals surface area (Å²) in [6, 6.07) is 7.48. The molecule has 0 spiro atoms. The van der Waals surface area contributed by atoms with Crippen molar-refractivity contribution in [2.24, 2.45) is 0 Å². The van der Waals surface area contributed by atoms with Crippen LogP contribution in [-0.2, 0) is 6.61 Å². The van der Waals surface area contributed by atoms with Crippen molar-refractivity contribution in [2.45, 2.75) is 6.61 Å². The molecule has 3 N–H and O–H groups in total. The van der Waals surface area contributed by atoms with Gasteiger partial charge in [0.15, 0.2) is 0 Å². The van der Waals surface area contributed by atoms with Crippen LogP contribution in [0.4, 0.5) is 0 Å². The Balaban J connectivity index is 2.95. The van der Waals surface area contributed by atoms with Gasteiger partial charge in [0, 0.05) is 25.0 Å². The number of rotatable bonds is 4. The quantitative estimate of drug-likeness (QED) is 0.628. The third-order valence-electron chi connectivity index (χ3n) is 1.93. The summed E-state index contributed by atoms with van der Waals surface area (Å²) in [5.41, 5.74) is 2.66. The van der Waals surface area contributed by atoms with Crippen LogP contribution in [0.15, 0.2) is 30.5 Å². The summed E-state index contributed by atoms with van der Waals surface area (Å²) in [5.74, 6) is 0. The molecule has 0 saturated heterocycles. The van der Waals surface area contributed by atoms with Gasteiger partial charge in [-0.05, 0) is 11.1 Å². The average molecular weight is 190 g/mol. The number of hydrogen-bond donors (Lipinski definition) is 3. The second-order valence-corrected chi connectivity index (χ2v) is 2.89. The van der Waals surface area contributed by atoms with Crippen molar-refractivity contribution in [3.05, 3.63) is 41.6 Å². The molecule has 0 heterocycles. The second kappa shape index (κ2) is 5.19. The molecule has 0 aliphatic heterocycles. The zero-order chi connectivity index (χ0) is 10.4. The van der Waals surface area contributed by atoms with Gasteiger partial charge in [0.1, 0.15) is 0 Å². The van der Waals surface area contributed by atoms with E-state index >= 15 is 0 Å². The molecule has 3 nitrogen and oxygen atoms in total. The van der Waals surface area contributed by atoms with Crippen molar-refractivity contribution in [1.29, 1.82) is 5.41 Å². The number of hydrogen-bond acceptors (Lipinski definition) is 3. The maximum atomic E-state index is 8.86. The van der Waals surface area contributed by atoms with Crippen LogP contribution in [0.2, 0.25) is 0 Å². The van der Waals surface area contributed by atoms with Crippen molar-refractivity contribution in [1.82, 2.24) is 5.32 Å². The summed E-state index contributed by atoms with van der Waals surface area (Å²) in [6.45, 7) is 0.0515. The van der Waals surface area contributed by atoms with E-state index < -0.39 is 0 Å². The summed E-state index contributed by atoms with van der Waals surface area (Å²) in [5, 5.41) is 19.0. The lowest BCUT2D eigenvalue weighted by Crippen LogP contribution is -1.97. The smallest absolute Gasteiger partial charge is 0.0681 e. The Bertz CT molecular complexity index is 328. The molecule has 0 amide bonds. The molecule has 3 heteroatoms. The average Bonchev–Trinajstić information content (AvgIpc) is 2.26. The van der Waals surface area contributed by atoms with Crippen LogP contribution in [0.5, 0.6) is 0 Å². The molecular formula is C11H14N2O. The zero-order valence-electron chi connectivity index (χ0n) is 8.12. The van der Waals surface area contributed by atoms with E-state index in [-0.39, 0.29) is 6.61 Å². The summed E-state index contributed by atoms with van der Waals surface area (Å²) in [6.07, 6.45) is 3.06. The second-order valence-electron chi connectivity index (χ2n) is 2.89. The first kappa shape index (κ1) is 10.5. The lowest BCUT2D eigenvalue weighted by Gasteiger charge is -2.02. The molecule has 0 radical (unpaired) electrons. The summed E-state index contributed by atoms with van der Waals surface area (Å²) >= 11 is 0. The van der Waals surface area contributed by atoms with E-state index in [1.54, 1.807) is 13.2 Å². The van der Waals surface area contributed by atoms with Gasteiger partial charge in [-0.3, -0.25) is 0 Å². The monoisotopic (exact) mass is 190 g/mol. The fraction of sp³-hybridized carbons (Fsp3) is 0.182. The third-order valence-corrected chi connectivity index (χ3v) is 1.93. The Kier molecular flexibility index (Phi) is 3.88.